The fourth-order valence-electron chi connectivity index (χ4n) is 2.95. The highest BCUT2D eigenvalue weighted by Crippen LogP contribution is 2.26. The van der Waals surface area contributed by atoms with E-state index in [1.54, 1.807) is 14.2 Å². The van der Waals surface area contributed by atoms with Gasteiger partial charge in [-0.2, -0.15) is 0 Å². The van der Waals surface area contributed by atoms with E-state index >= 15 is 0 Å². The van der Waals surface area contributed by atoms with Gasteiger partial charge in [-0.15, -0.1) is 0 Å². The van der Waals surface area contributed by atoms with Crippen LogP contribution in [0.15, 0.2) is 78.9 Å². The Hall–Kier alpha value is -3.27. The van der Waals surface area contributed by atoms with Crippen LogP contribution in [0, 0.1) is 0 Å². The quantitative estimate of drug-likeness (QED) is 0.688. The lowest BCUT2D eigenvalue weighted by atomic mass is 9.98. The van der Waals surface area contributed by atoms with Gasteiger partial charge in [0.25, 0.3) is 0 Å². The molecule has 0 spiro atoms. The lowest BCUT2D eigenvalue weighted by Crippen LogP contribution is -2.30. The van der Waals surface area contributed by atoms with E-state index in [2.05, 4.69) is 5.32 Å². The molecular weight excluding hydrogens is 338 g/mol. The van der Waals surface area contributed by atoms with Gasteiger partial charge >= 0.3 is 0 Å². The first-order valence-electron chi connectivity index (χ1n) is 8.81. The second-order valence-corrected chi connectivity index (χ2v) is 6.21. The van der Waals surface area contributed by atoms with Crippen molar-refractivity contribution in [3.8, 4) is 11.5 Å². The Balaban J connectivity index is 1.84. The Morgan fingerprint density at radius 3 is 1.70 bits per heavy atom. The molecule has 0 aliphatic carbocycles. The van der Waals surface area contributed by atoms with Crippen LogP contribution in [0.4, 0.5) is 0 Å². The summed E-state index contributed by atoms with van der Waals surface area (Å²) >= 11 is 0. The monoisotopic (exact) mass is 361 g/mol. The molecule has 0 heterocycles. The first-order chi connectivity index (χ1) is 13.2. The van der Waals surface area contributed by atoms with Crippen LogP contribution < -0.4 is 14.8 Å². The van der Waals surface area contributed by atoms with E-state index in [1.165, 1.54) is 0 Å². The molecule has 3 rings (SSSR count). The highest BCUT2D eigenvalue weighted by Gasteiger charge is 2.17. The molecule has 0 saturated carbocycles. The third-order valence-electron chi connectivity index (χ3n) is 4.41. The van der Waals surface area contributed by atoms with Gasteiger partial charge < -0.3 is 14.8 Å². The van der Waals surface area contributed by atoms with Crippen LogP contribution in [-0.4, -0.2) is 20.1 Å². The minimum atomic E-state index is -0.252. The van der Waals surface area contributed by atoms with Gasteiger partial charge in [-0.25, -0.2) is 0 Å². The van der Waals surface area contributed by atoms with Crippen LogP contribution in [0.1, 0.15) is 22.7 Å². The summed E-state index contributed by atoms with van der Waals surface area (Å²) in [5, 5.41) is 3.15. The molecule has 3 aromatic rings. The molecule has 0 aliphatic heterocycles. The van der Waals surface area contributed by atoms with Gasteiger partial charge in [0, 0.05) is 0 Å². The van der Waals surface area contributed by atoms with E-state index in [0.717, 1.165) is 28.2 Å². The number of methoxy groups -OCH3 is 2. The van der Waals surface area contributed by atoms with Gasteiger partial charge in [-0.3, -0.25) is 4.79 Å². The van der Waals surface area contributed by atoms with Crippen LogP contribution in [0.5, 0.6) is 11.5 Å². The van der Waals surface area contributed by atoms with Gasteiger partial charge in [-0.1, -0.05) is 54.6 Å². The predicted octanol–water partition coefficient (Wildman–Crippen LogP) is 4.15. The molecule has 0 aliphatic rings. The highest BCUT2D eigenvalue weighted by atomic mass is 16.5. The Labute approximate surface area is 159 Å². The van der Waals surface area contributed by atoms with Gasteiger partial charge in [-0.05, 0) is 41.0 Å². The van der Waals surface area contributed by atoms with E-state index in [4.69, 9.17) is 9.47 Å². The maximum Gasteiger partial charge on any atom is 0.225 e. The van der Waals surface area contributed by atoms with Crippen molar-refractivity contribution >= 4 is 5.91 Å². The van der Waals surface area contributed by atoms with Crippen LogP contribution >= 0.6 is 0 Å². The molecule has 1 amide bonds. The summed E-state index contributed by atoms with van der Waals surface area (Å²) < 4.78 is 10.5. The topological polar surface area (TPSA) is 47.6 Å². The molecule has 4 nitrogen and oxygen atoms in total. The summed E-state index contributed by atoms with van der Waals surface area (Å²) in [6, 6.07) is 24.9. The zero-order valence-corrected chi connectivity index (χ0v) is 15.5. The highest BCUT2D eigenvalue weighted by molar-refractivity contribution is 5.79. The smallest absolute Gasteiger partial charge is 0.225 e. The summed E-state index contributed by atoms with van der Waals surface area (Å²) in [7, 11) is 3.27. The Kier molecular flexibility index (Phi) is 6.10. The van der Waals surface area contributed by atoms with Gasteiger partial charge in [0.05, 0.1) is 26.7 Å². The van der Waals surface area contributed by atoms with E-state index in [1.807, 2.05) is 78.9 Å². The van der Waals surface area contributed by atoms with Crippen molar-refractivity contribution in [3.05, 3.63) is 95.6 Å². The summed E-state index contributed by atoms with van der Waals surface area (Å²) in [5.41, 5.74) is 2.96. The summed E-state index contributed by atoms with van der Waals surface area (Å²) in [6.45, 7) is 0. The van der Waals surface area contributed by atoms with Crippen molar-refractivity contribution in [1.82, 2.24) is 5.32 Å². The molecular formula is C23H23NO3. The third kappa shape index (κ3) is 4.88. The number of hydrogen-bond donors (Lipinski definition) is 1. The zero-order chi connectivity index (χ0) is 19.1. The lowest BCUT2D eigenvalue weighted by Gasteiger charge is -2.20. The van der Waals surface area contributed by atoms with Crippen LogP contribution in [0.2, 0.25) is 0 Å². The summed E-state index contributed by atoms with van der Waals surface area (Å²) in [6.07, 6.45) is 0.337. The number of hydrogen-bond acceptors (Lipinski definition) is 3. The van der Waals surface area contributed by atoms with Crippen molar-refractivity contribution in [3.63, 3.8) is 0 Å². The van der Waals surface area contributed by atoms with Crippen LogP contribution in [-0.2, 0) is 11.2 Å². The van der Waals surface area contributed by atoms with Crippen molar-refractivity contribution in [2.24, 2.45) is 0 Å². The normalized spacial score (nSPS) is 10.5. The van der Waals surface area contributed by atoms with Gasteiger partial charge in [0.15, 0.2) is 0 Å². The number of benzene rings is 3. The molecule has 3 aromatic carbocycles. The standard InChI is InChI=1S/C23H23NO3/c1-26-20-12-8-18(9-13-20)23(19-10-14-21(27-2)15-11-19)24-22(25)16-17-6-4-3-5-7-17/h3-15,23H,16H2,1-2H3,(H,24,25). The molecule has 0 atom stereocenters. The van der Waals surface area contributed by atoms with Crippen LogP contribution in [0.25, 0.3) is 0 Å². The average Bonchev–Trinajstić information content (AvgIpc) is 2.73. The minimum absolute atomic E-state index is 0.0298. The Morgan fingerprint density at radius 2 is 1.26 bits per heavy atom. The first-order valence-corrected chi connectivity index (χ1v) is 8.81. The molecule has 0 aromatic heterocycles. The maximum atomic E-state index is 12.7. The molecule has 0 saturated heterocycles. The summed E-state index contributed by atoms with van der Waals surface area (Å²) in [4.78, 5) is 12.7. The fourth-order valence-corrected chi connectivity index (χ4v) is 2.95. The number of nitrogens with one attached hydrogen (secondary N) is 1. The van der Waals surface area contributed by atoms with E-state index in [0.29, 0.717) is 6.42 Å². The van der Waals surface area contributed by atoms with E-state index < -0.39 is 0 Å². The molecule has 4 heteroatoms. The third-order valence-corrected chi connectivity index (χ3v) is 4.41. The van der Waals surface area contributed by atoms with Gasteiger partial charge in [0.2, 0.25) is 5.91 Å². The number of ether oxygens (including phenoxy) is 2. The number of carbonyl (C=O) groups excluding carboxylic acids is 1. The van der Waals surface area contributed by atoms with Crippen molar-refractivity contribution in [2.45, 2.75) is 12.5 Å². The molecule has 138 valence electrons. The van der Waals surface area contributed by atoms with Crippen molar-refractivity contribution in [1.29, 1.82) is 0 Å². The second-order valence-electron chi connectivity index (χ2n) is 6.21. The first kappa shape index (κ1) is 18.5. The number of amides is 1. The molecule has 0 fully saturated rings. The van der Waals surface area contributed by atoms with Crippen molar-refractivity contribution < 1.29 is 14.3 Å². The van der Waals surface area contributed by atoms with Gasteiger partial charge in [0.1, 0.15) is 11.5 Å². The summed E-state index contributed by atoms with van der Waals surface area (Å²) in [5.74, 6) is 1.53. The van der Waals surface area contributed by atoms with E-state index in [9.17, 15) is 4.79 Å². The predicted molar refractivity (Wildman–Crippen MR) is 106 cm³/mol. The minimum Gasteiger partial charge on any atom is -0.497 e. The molecule has 0 bridgehead atoms. The zero-order valence-electron chi connectivity index (χ0n) is 15.5. The maximum absolute atomic E-state index is 12.7. The molecule has 0 unspecified atom stereocenters. The lowest BCUT2D eigenvalue weighted by molar-refractivity contribution is -0.120. The Bertz CT molecular complexity index is 811. The van der Waals surface area contributed by atoms with Crippen LogP contribution in [0.3, 0.4) is 0 Å². The fraction of sp³-hybridized carbons (Fsp3) is 0.174. The average molecular weight is 361 g/mol. The SMILES string of the molecule is COc1ccc(C(NC(=O)Cc2ccccc2)c2ccc(OC)cc2)cc1. The second kappa shape index (κ2) is 8.90. The number of rotatable bonds is 7. The molecule has 0 radical (unpaired) electrons. The molecule has 27 heavy (non-hydrogen) atoms. The molecule has 1 N–H and O–H groups in total. The number of carbonyl (C=O) groups is 1. The largest absolute Gasteiger partial charge is 0.497 e. The Morgan fingerprint density at radius 1 is 0.778 bits per heavy atom. The van der Waals surface area contributed by atoms with E-state index in [-0.39, 0.29) is 11.9 Å². The van der Waals surface area contributed by atoms with Crippen molar-refractivity contribution in [2.75, 3.05) is 14.2 Å².